The number of piperidine rings is 1. The largest absolute Gasteiger partial charge is 0.476 e. The number of aromatic amines is 1. The predicted molar refractivity (Wildman–Crippen MR) is 76.8 cm³/mol. The van der Waals surface area contributed by atoms with E-state index in [-0.39, 0.29) is 11.6 Å². The zero-order valence-corrected chi connectivity index (χ0v) is 12.4. The molecule has 2 N–H and O–H groups in total. The zero-order chi connectivity index (χ0) is 17.3. The van der Waals surface area contributed by atoms with Crippen molar-refractivity contribution in [3.05, 3.63) is 35.8 Å². The molecule has 2 aromatic heterocycles. The van der Waals surface area contributed by atoms with E-state index in [2.05, 4.69) is 19.9 Å². The highest BCUT2D eigenvalue weighted by Gasteiger charge is 2.34. The van der Waals surface area contributed by atoms with Gasteiger partial charge in [0.15, 0.2) is 5.69 Å². The Hall–Kier alpha value is -2.65. The second-order valence-corrected chi connectivity index (χ2v) is 5.53. The van der Waals surface area contributed by atoms with Crippen LogP contribution in [0, 0.1) is 0 Å². The van der Waals surface area contributed by atoms with Gasteiger partial charge in [0, 0.05) is 19.0 Å². The van der Waals surface area contributed by atoms with Crippen LogP contribution in [0.1, 0.15) is 40.8 Å². The quantitative estimate of drug-likeness (QED) is 0.889. The Balaban J connectivity index is 1.74. The van der Waals surface area contributed by atoms with Crippen molar-refractivity contribution in [3.63, 3.8) is 0 Å². The summed E-state index contributed by atoms with van der Waals surface area (Å²) < 4.78 is 38.0. The molecule has 0 saturated carbocycles. The second kappa shape index (κ2) is 6.10. The Labute approximate surface area is 134 Å². The highest BCUT2D eigenvalue weighted by Crippen LogP contribution is 2.31. The topological polar surface area (TPSA) is 95.0 Å². The lowest BCUT2D eigenvalue weighted by molar-refractivity contribution is -0.141. The molecule has 1 aliphatic heterocycles. The minimum absolute atomic E-state index is 0.159. The lowest BCUT2D eigenvalue weighted by Crippen LogP contribution is -2.35. The van der Waals surface area contributed by atoms with E-state index in [1.54, 1.807) is 0 Å². The molecule has 0 amide bonds. The Morgan fingerprint density at radius 1 is 1.25 bits per heavy atom. The van der Waals surface area contributed by atoms with Crippen LogP contribution in [0.4, 0.5) is 19.0 Å². The fraction of sp³-hybridized carbons (Fsp3) is 0.429. The van der Waals surface area contributed by atoms with Crippen LogP contribution in [-0.2, 0) is 6.18 Å². The number of nitrogens with zero attached hydrogens (tertiary/aromatic N) is 4. The third kappa shape index (κ3) is 3.31. The van der Waals surface area contributed by atoms with E-state index in [1.807, 2.05) is 4.90 Å². The Kier molecular flexibility index (Phi) is 4.12. The van der Waals surface area contributed by atoms with Crippen LogP contribution >= 0.6 is 0 Å². The molecule has 3 heterocycles. The SMILES string of the molecule is O=C(O)c1cnc(N2CCCC(c3ncc(C(F)(F)F)[nH]3)C2)cn1. The molecule has 1 fully saturated rings. The molecular weight excluding hydrogens is 327 g/mol. The molecule has 0 radical (unpaired) electrons. The van der Waals surface area contributed by atoms with E-state index < -0.39 is 17.8 Å². The highest BCUT2D eigenvalue weighted by atomic mass is 19.4. The summed E-state index contributed by atoms with van der Waals surface area (Å²) in [7, 11) is 0. The second-order valence-electron chi connectivity index (χ2n) is 5.53. The number of carbonyl (C=O) groups is 1. The molecule has 0 aromatic carbocycles. The van der Waals surface area contributed by atoms with Crippen molar-refractivity contribution in [2.75, 3.05) is 18.0 Å². The molecule has 10 heteroatoms. The molecule has 0 spiro atoms. The normalized spacial score (nSPS) is 18.6. The van der Waals surface area contributed by atoms with Crippen molar-refractivity contribution in [3.8, 4) is 0 Å². The highest BCUT2D eigenvalue weighted by molar-refractivity contribution is 5.84. The minimum Gasteiger partial charge on any atom is -0.476 e. The summed E-state index contributed by atoms with van der Waals surface area (Å²) in [5.74, 6) is -0.564. The zero-order valence-electron chi connectivity index (χ0n) is 12.4. The number of alkyl halides is 3. The number of aromatic carboxylic acids is 1. The number of nitrogens with one attached hydrogen (secondary N) is 1. The van der Waals surface area contributed by atoms with E-state index >= 15 is 0 Å². The van der Waals surface area contributed by atoms with Gasteiger partial charge in [-0.2, -0.15) is 13.2 Å². The van der Waals surface area contributed by atoms with Gasteiger partial charge in [-0.15, -0.1) is 0 Å². The maximum Gasteiger partial charge on any atom is 0.432 e. The molecule has 128 valence electrons. The molecule has 1 atom stereocenters. The molecular formula is C14H14F3N5O2. The average Bonchev–Trinajstić information content (AvgIpc) is 3.05. The van der Waals surface area contributed by atoms with Crippen LogP contribution < -0.4 is 4.90 Å². The fourth-order valence-electron chi connectivity index (χ4n) is 2.69. The maximum atomic E-state index is 12.7. The number of carboxylic acid groups (broad SMARTS) is 1. The maximum absolute atomic E-state index is 12.7. The Morgan fingerprint density at radius 2 is 2.04 bits per heavy atom. The first kappa shape index (κ1) is 16.2. The number of anilines is 1. The molecule has 7 nitrogen and oxygen atoms in total. The fourth-order valence-corrected chi connectivity index (χ4v) is 2.69. The van der Waals surface area contributed by atoms with Crippen LogP contribution in [0.15, 0.2) is 18.6 Å². The van der Waals surface area contributed by atoms with Crippen LogP contribution in [0.5, 0.6) is 0 Å². The summed E-state index contributed by atoms with van der Waals surface area (Å²) in [6, 6.07) is 0. The number of imidazole rings is 1. The monoisotopic (exact) mass is 341 g/mol. The van der Waals surface area contributed by atoms with Gasteiger partial charge >= 0.3 is 12.1 Å². The lowest BCUT2D eigenvalue weighted by atomic mass is 9.97. The van der Waals surface area contributed by atoms with Crippen molar-refractivity contribution < 1.29 is 23.1 Å². The first-order valence-corrected chi connectivity index (χ1v) is 7.27. The summed E-state index contributed by atoms with van der Waals surface area (Å²) in [4.78, 5) is 26.7. The van der Waals surface area contributed by atoms with Gasteiger partial charge in [-0.3, -0.25) is 0 Å². The third-order valence-electron chi connectivity index (χ3n) is 3.89. The summed E-state index contributed by atoms with van der Waals surface area (Å²) in [6.45, 7) is 1.11. The van der Waals surface area contributed by atoms with Crippen molar-refractivity contribution in [1.82, 2.24) is 19.9 Å². The van der Waals surface area contributed by atoms with Gasteiger partial charge in [0.25, 0.3) is 0 Å². The van der Waals surface area contributed by atoms with Crippen molar-refractivity contribution in [1.29, 1.82) is 0 Å². The molecule has 1 saturated heterocycles. The van der Waals surface area contributed by atoms with E-state index in [0.717, 1.165) is 18.8 Å². The summed E-state index contributed by atoms with van der Waals surface area (Å²) in [6.07, 6.45) is 0.343. The van der Waals surface area contributed by atoms with Gasteiger partial charge < -0.3 is 15.0 Å². The summed E-state index contributed by atoms with van der Waals surface area (Å²) in [5, 5.41) is 8.82. The lowest BCUT2D eigenvalue weighted by Gasteiger charge is -2.32. The van der Waals surface area contributed by atoms with Crippen molar-refractivity contribution in [2.24, 2.45) is 0 Å². The molecule has 1 unspecified atom stereocenters. The summed E-state index contributed by atoms with van der Waals surface area (Å²) >= 11 is 0. The van der Waals surface area contributed by atoms with E-state index in [4.69, 9.17) is 5.11 Å². The molecule has 3 rings (SSSR count). The average molecular weight is 341 g/mol. The Morgan fingerprint density at radius 3 is 2.62 bits per heavy atom. The number of hydrogen-bond donors (Lipinski definition) is 2. The van der Waals surface area contributed by atoms with E-state index in [1.165, 1.54) is 6.20 Å². The Bertz CT molecular complexity index is 729. The molecule has 0 bridgehead atoms. The molecule has 1 aliphatic rings. The van der Waals surface area contributed by atoms with Crippen LogP contribution in [0.25, 0.3) is 0 Å². The number of H-pyrrole nitrogens is 1. The predicted octanol–water partition coefficient (Wildman–Crippen LogP) is 2.30. The van der Waals surface area contributed by atoms with Gasteiger partial charge in [0.1, 0.15) is 17.3 Å². The first-order valence-electron chi connectivity index (χ1n) is 7.27. The van der Waals surface area contributed by atoms with Gasteiger partial charge in [-0.1, -0.05) is 0 Å². The van der Waals surface area contributed by atoms with Gasteiger partial charge in [-0.25, -0.2) is 19.7 Å². The van der Waals surface area contributed by atoms with Gasteiger partial charge in [0.05, 0.1) is 18.6 Å². The van der Waals surface area contributed by atoms with Crippen LogP contribution in [0.2, 0.25) is 0 Å². The number of rotatable bonds is 3. The van der Waals surface area contributed by atoms with Crippen molar-refractivity contribution in [2.45, 2.75) is 24.9 Å². The van der Waals surface area contributed by atoms with Gasteiger partial charge in [0.2, 0.25) is 0 Å². The molecule has 0 aliphatic carbocycles. The van der Waals surface area contributed by atoms with E-state index in [0.29, 0.717) is 31.2 Å². The molecule has 24 heavy (non-hydrogen) atoms. The summed E-state index contributed by atoms with van der Waals surface area (Å²) in [5.41, 5.74) is -1.02. The number of carboxylic acids is 1. The number of aromatic nitrogens is 4. The number of hydrogen-bond acceptors (Lipinski definition) is 5. The minimum atomic E-state index is -4.45. The van der Waals surface area contributed by atoms with Crippen molar-refractivity contribution >= 4 is 11.8 Å². The standard InChI is InChI=1S/C14H14F3N5O2/c15-14(16,17)10-5-20-12(21-10)8-2-1-3-22(7-8)11-6-18-9(4-19-11)13(23)24/h4-6,8H,1-3,7H2,(H,20,21)(H,23,24). The van der Waals surface area contributed by atoms with Gasteiger partial charge in [-0.05, 0) is 12.8 Å². The van der Waals surface area contributed by atoms with Crippen LogP contribution in [0.3, 0.4) is 0 Å². The molecule has 2 aromatic rings. The van der Waals surface area contributed by atoms with Crippen LogP contribution in [-0.4, -0.2) is 44.1 Å². The first-order chi connectivity index (χ1) is 11.3. The number of halogens is 3. The smallest absolute Gasteiger partial charge is 0.432 e. The third-order valence-corrected chi connectivity index (χ3v) is 3.89. The van der Waals surface area contributed by atoms with E-state index in [9.17, 15) is 18.0 Å².